The maximum atomic E-state index is 11.8. The second-order valence-corrected chi connectivity index (χ2v) is 4.36. The lowest BCUT2D eigenvalue weighted by molar-refractivity contribution is -0.119. The molecule has 1 saturated heterocycles. The second-order valence-electron chi connectivity index (χ2n) is 4.36. The minimum absolute atomic E-state index is 0.0464. The maximum absolute atomic E-state index is 11.8. The van der Waals surface area contributed by atoms with Crippen LogP contribution >= 0.6 is 0 Å². The molecular weight excluding hydrogens is 244 g/mol. The molecule has 1 aliphatic heterocycles. The van der Waals surface area contributed by atoms with E-state index in [2.05, 4.69) is 5.10 Å². The fourth-order valence-corrected chi connectivity index (χ4v) is 2.13. The Morgan fingerprint density at radius 2 is 2.11 bits per heavy atom. The van der Waals surface area contributed by atoms with Crippen molar-refractivity contribution >= 4 is 17.4 Å². The van der Waals surface area contributed by atoms with Crippen LogP contribution in [0.1, 0.15) is 6.42 Å². The van der Waals surface area contributed by atoms with Gasteiger partial charge in [-0.1, -0.05) is 18.2 Å². The highest BCUT2D eigenvalue weighted by atomic mass is 16.7. The van der Waals surface area contributed by atoms with E-state index in [1.165, 1.54) is 5.06 Å². The first-order valence-electron chi connectivity index (χ1n) is 6.01. The van der Waals surface area contributed by atoms with Crippen LogP contribution in [0.4, 0.5) is 11.5 Å². The number of hydroxylamine groups is 1. The molecule has 2 heterocycles. The van der Waals surface area contributed by atoms with Crippen LogP contribution in [0.15, 0.2) is 30.5 Å². The van der Waals surface area contributed by atoms with E-state index in [4.69, 9.17) is 10.6 Å². The summed E-state index contributed by atoms with van der Waals surface area (Å²) in [5.74, 6) is 0.508. The number of nitrogens with zero attached hydrogens (tertiary/aromatic N) is 3. The predicted octanol–water partition coefficient (Wildman–Crippen LogP) is 1.34. The Kier molecular flexibility index (Phi) is 2.72. The molecule has 19 heavy (non-hydrogen) atoms. The van der Waals surface area contributed by atoms with Crippen LogP contribution in [0, 0.1) is 0 Å². The number of aryl methyl sites for hydroxylation is 1. The molecule has 0 unspecified atom stereocenters. The first-order chi connectivity index (χ1) is 9.18. The van der Waals surface area contributed by atoms with Gasteiger partial charge < -0.3 is 5.73 Å². The molecule has 1 aromatic carbocycles. The van der Waals surface area contributed by atoms with E-state index in [-0.39, 0.29) is 5.91 Å². The summed E-state index contributed by atoms with van der Waals surface area (Å²) >= 11 is 0. The number of rotatable bonds is 2. The van der Waals surface area contributed by atoms with Crippen LogP contribution in [0.2, 0.25) is 0 Å². The van der Waals surface area contributed by atoms with Crippen molar-refractivity contribution in [2.75, 3.05) is 17.4 Å². The molecule has 2 aromatic rings. The fourth-order valence-electron chi connectivity index (χ4n) is 2.13. The normalized spacial score (nSPS) is 15.2. The highest BCUT2D eigenvalue weighted by molar-refractivity contribution is 5.98. The van der Waals surface area contributed by atoms with Gasteiger partial charge in [0.05, 0.1) is 24.9 Å². The third-order valence-electron chi connectivity index (χ3n) is 3.16. The number of anilines is 2. The van der Waals surface area contributed by atoms with Crippen molar-refractivity contribution in [2.45, 2.75) is 6.42 Å². The number of hydrogen-bond acceptors (Lipinski definition) is 4. The molecule has 0 spiro atoms. The minimum Gasteiger partial charge on any atom is -0.383 e. The van der Waals surface area contributed by atoms with Crippen molar-refractivity contribution in [3.63, 3.8) is 0 Å². The SMILES string of the molecule is Cn1ncc(-c2ccccc2N2OCCC2=O)c1N. The van der Waals surface area contributed by atoms with Crippen molar-refractivity contribution in [3.05, 3.63) is 30.5 Å². The molecule has 1 fully saturated rings. The number of nitrogen functional groups attached to an aromatic ring is 1. The summed E-state index contributed by atoms with van der Waals surface area (Å²) in [6.07, 6.45) is 2.09. The van der Waals surface area contributed by atoms with Gasteiger partial charge in [0.2, 0.25) is 0 Å². The summed E-state index contributed by atoms with van der Waals surface area (Å²) < 4.78 is 1.60. The zero-order chi connectivity index (χ0) is 13.4. The molecule has 0 aliphatic carbocycles. The van der Waals surface area contributed by atoms with Gasteiger partial charge in [0.15, 0.2) is 0 Å². The van der Waals surface area contributed by atoms with Crippen molar-refractivity contribution in [1.29, 1.82) is 0 Å². The van der Waals surface area contributed by atoms with E-state index in [9.17, 15) is 4.79 Å². The molecule has 1 aromatic heterocycles. The summed E-state index contributed by atoms with van der Waals surface area (Å²) in [5, 5.41) is 5.46. The lowest BCUT2D eigenvalue weighted by atomic mass is 10.1. The van der Waals surface area contributed by atoms with Gasteiger partial charge in [-0.2, -0.15) is 10.2 Å². The Hall–Kier alpha value is -2.34. The minimum atomic E-state index is -0.0464. The Balaban J connectivity index is 2.12. The number of nitrogens with two attached hydrogens (primary N) is 1. The van der Waals surface area contributed by atoms with Gasteiger partial charge in [0.1, 0.15) is 5.82 Å². The third kappa shape index (κ3) is 1.86. The Morgan fingerprint density at radius 3 is 2.74 bits per heavy atom. The summed E-state index contributed by atoms with van der Waals surface area (Å²) in [6.45, 7) is 0.412. The second kappa shape index (κ2) is 4.40. The number of amides is 1. The monoisotopic (exact) mass is 258 g/mol. The molecule has 0 atom stereocenters. The van der Waals surface area contributed by atoms with Gasteiger partial charge in [0, 0.05) is 18.2 Å². The molecule has 2 N–H and O–H groups in total. The largest absolute Gasteiger partial charge is 0.383 e. The molecule has 1 amide bonds. The van der Waals surface area contributed by atoms with Crippen molar-refractivity contribution in [2.24, 2.45) is 7.05 Å². The quantitative estimate of drug-likeness (QED) is 0.882. The Bertz CT molecular complexity index is 635. The van der Waals surface area contributed by atoms with Crippen molar-refractivity contribution < 1.29 is 9.63 Å². The molecular formula is C13H14N4O2. The first-order valence-corrected chi connectivity index (χ1v) is 6.01. The van der Waals surface area contributed by atoms with Gasteiger partial charge in [-0.3, -0.25) is 14.3 Å². The van der Waals surface area contributed by atoms with Crippen molar-refractivity contribution in [1.82, 2.24) is 9.78 Å². The standard InChI is InChI=1S/C13H14N4O2/c1-16-13(14)10(8-15-16)9-4-2-3-5-11(9)17-12(18)6-7-19-17/h2-5,8H,6-7,14H2,1H3. The number of aromatic nitrogens is 2. The van der Waals surface area contributed by atoms with Crippen molar-refractivity contribution in [3.8, 4) is 11.1 Å². The van der Waals surface area contributed by atoms with Crippen LogP contribution in [0.3, 0.4) is 0 Å². The van der Waals surface area contributed by atoms with Crippen LogP contribution < -0.4 is 10.8 Å². The van der Waals surface area contributed by atoms with Crippen LogP contribution in [0.5, 0.6) is 0 Å². The lowest BCUT2D eigenvalue weighted by Gasteiger charge is -2.17. The molecule has 1 aliphatic rings. The fraction of sp³-hybridized carbons (Fsp3) is 0.231. The van der Waals surface area contributed by atoms with E-state index in [1.54, 1.807) is 17.9 Å². The van der Waals surface area contributed by atoms with E-state index < -0.39 is 0 Å². The molecule has 0 radical (unpaired) electrons. The lowest BCUT2D eigenvalue weighted by Crippen LogP contribution is -2.22. The van der Waals surface area contributed by atoms with E-state index in [0.29, 0.717) is 24.5 Å². The smallest absolute Gasteiger partial charge is 0.253 e. The number of carbonyl (C=O) groups excluding carboxylic acids is 1. The third-order valence-corrected chi connectivity index (χ3v) is 3.16. The molecule has 3 rings (SSSR count). The molecule has 6 nitrogen and oxygen atoms in total. The van der Waals surface area contributed by atoms with E-state index in [1.807, 2.05) is 24.3 Å². The Labute approximate surface area is 110 Å². The molecule has 98 valence electrons. The molecule has 0 saturated carbocycles. The zero-order valence-corrected chi connectivity index (χ0v) is 10.5. The highest BCUT2D eigenvalue weighted by Gasteiger charge is 2.26. The highest BCUT2D eigenvalue weighted by Crippen LogP contribution is 2.35. The van der Waals surface area contributed by atoms with Gasteiger partial charge in [-0.25, -0.2) is 0 Å². The predicted molar refractivity (Wildman–Crippen MR) is 71.1 cm³/mol. The first kappa shape index (κ1) is 11.7. The Morgan fingerprint density at radius 1 is 1.32 bits per heavy atom. The molecule has 6 heteroatoms. The maximum Gasteiger partial charge on any atom is 0.253 e. The zero-order valence-electron chi connectivity index (χ0n) is 10.5. The average molecular weight is 258 g/mol. The van der Waals surface area contributed by atoms with Gasteiger partial charge in [-0.15, -0.1) is 0 Å². The number of hydrogen-bond donors (Lipinski definition) is 1. The summed E-state index contributed by atoms with van der Waals surface area (Å²) in [4.78, 5) is 17.2. The van der Waals surface area contributed by atoms with Crippen LogP contribution in [-0.2, 0) is 16.7 Å². The number of para-hydroxylation sites is 1. The summed E-state index contributed by atoms with van der Waals surface area (Å²) in [5.41, 5.74) is 8.32. The molecule has 0 bridgehead atoms. The average Bonchev–Trinajstić information content (AvgIpc) is 2.98. The number of carbonyl (C=O) groups is 1. The van der Waals surface area contributed by atoms with Crippen LogP contribution in [-0.4, -0.2) is 22.3 Å². The van der Waals surface area contributed by atoms with Crippen LogP contribution in [0.25, 0.3) is 11.1 Å². The summed E-state index contributed by atoms with van der Waals surface area (Å²) in [7, 11) is 1.78. The van der Waals surface area contributed by atoms with E-state index >= 15 is 0 Å². The number of benzene rings is 1. The van der Waals surface area contributed by atoms with Gasteiger partial charge >= 0.3 is 0 Å². The topological polar surface area (TPSA) is 73.4 Å². The van der Waals surface area contributed by atoms with Gasteiger partial charge in [0.25, 0.3) is 5.91 Å². The van der Waals surface area contributed by atoms with Gasteiger partial charge in [-0.05, 0) is 6.07 Å². The van der Waals surface area contributed by atoms with E-state index in [0.717, 1.165) is 11.1 Å². The summed E-state index contributed by atoms with van der Waals surface area (Å²) in [6, 6.07) is 7.49.